The highest BCUT2D eigenvalue weighted by Gasteiger charge is 2.49. The van der Waals surface area contributed by atoms with Gasteiger partial charge in [0.05, 0.1) is 5.69 Å². The number of hydrogen-bond acceptors (Lipinski definition) is 6. The van der Waals surface area contributed by atoms with E-state index in [1.54, 1.807) is 21.9 Å². The van der Waals surface area contributed by atoms with E-state index in [0.717, 1.165) is 18.5 Å². The number of hydrazone groups is 1. The number of hydrogen-bond donors (Lipinski definition) is 1. The normalized spacial score (nSPS) is 22.1. The van der Waals surface area contributed by atoms with Crippen molar-refractivity contribution in [1.29, 1.82) is 0 Å². The van der Waals surface area contributed by atoms with E-state index >= 15 is 0 Å². The van der Waals surface area contributed by atoms with Crippen LogP contribution in [-0.4, -0.2) is 49.2 Å². The number of benzene rings is 2. The van der Waals surface area contributed by atoms with E-state index < -0.39 is 24.5 Å². The highest BCUT2D eigenvalue weighted by Crippen LogP contribution is 2.37. The van der Waals surface area contributed by atoms with Gasteiger partial charge < -0.3 is 20.3 Å². The smallest absolute Gasteiger partial charge is 0.387 e. The summed E-state index contributed by atoms with van der Waals surface area (Å²) in [5.74, 6) is -1.41. The molecule has 2 atom stereocenters. The van der Waals surface area contributed by atoms with Crippen molar-refractivity contribution < 1.29 is 27.9 Å². The quantitative estimate of drug-likeness (QED) is 0.660. The molecule has 11 heteroatoms. The monoisotopic (exact) mass is 497 g/mol. The van der Waals surface area contributed by atoms with Crippen LogP contribution in [0.4, 0.5) is 25.8 Å². The van der Waals surface area contributed by atoms with Crippen molar-refractivity contribution in [3.05, 3.63) is 48.5 Å². The average Bonchev–Trinajstić information content (AvgIpc) is 3.26. The SMILES string of the molecule is NC(=O)C1=NN(c2ccc(OC(F)F)cc2)C2C(=O)N(c3ccc(N4CCCCC4=O)cc3)CCC12. The van der Waals surface area contributed by atoms with E-state index in [9.17, 15) is 23.2 Å². The number of halogens is 2. The maximum absolute atomic E-state index is 13.7. The van der Waals surface area contributed by atoms with Crippen molar-refractivity contribution in [1.82, 2.24) is 0 Å². The number of piperidine rings is 2. The molecule has 2 N–H and O–H groups in total. The van der Waals surface area contributed by atoms with Gasteiger partial charge in [-0.1, -0.05) is 0 Å². The molecule has 3 heterocycles. The Morgan fingerprint density at radius 3 is 2.19 bits per heavy atom. The summed E-state index contributed by atoms with van der Waals surface area (Å²) in [6, 6.07) is 12.2. The number of fused-ring (bicyclic) bond motifs is 1. The molecule has 3 aliphatic heterocycles. The molecule has 9 nitrogen and oxygen atoms in total. The Bertz CT molecular complexity index is 1200. The molecule has 0 aliphatic carbocycles. The lowest BCUT2D eigenvalue weighted by molar-refractivity contribution is -0.121. The Morgan fingerprint density at radius 1 is 0.944 bits per heavy atom. The van der Waals surface area contributed by atoms with Crippen LogP contribution >= 0.6 is 0 Å². The van der Waals surface area contributed by atoms with E-state index in [1.807, 2.05) is 12.1 Å². The summed E-state index contributed by atoms with van der Waals surface area (Å²) in [4.78, 5) is 41.4. The third-order valence-electron chi connectivity index (χ3n) is 6.77. The zero-order chi connectivity index (χ0) is 25.4. The Labute approximate surface area is 206 Å². The predicted octanol–water partition coefficient (Wildman–Crippen LogP) is 2.89. The maximum atomic E-state index is 13.7. The van der Waals surface area contributed by atoms with Crippen molar-refractivity contribution in [2.75, 3.05) is 27.9 Å². The van der Waals surface area contributed by atoms with Crippen molar-refractivity contribution in [3.8, 4) is 5.75 Å². The average molecular weight is 498 g/mol. The van der Waals surface area contributed by atoms with E-state index in [2.05, 4.69) is 9.84 Å². The molecule has 0 spiro atoms. The number of ether oxygens (including phenoxy) is 1. The number of alkyl halides is 2. The Balaban J connectivity index is 1.40. The molecule has 2 unspecified atom stereocenters. The first-order chi connectivity index (χ1) is 17.3. The Hall–Kier alpha value is -4.02. The predicted molar refractivity (Wildman–Crippen MR) is 129 cm³/mol. The van der Waals surface area contributed by atoms with Gasteiger partial charge in [0.15, 0.2) is 0 Å². The van der Waals surface area contributed by atoms with Gasteiger partial charge in [-0.15, -0.1) is 0 Å². The summed E-state index contributed by atoms with van der Waals surface area (Å²) >= 11 is 0. The second kappa shape index (κ2) is 9.56. The lowest BCUT2D eigenvalue weighted by atomic mass is 9.87. The summed E-state index contributed by atoms with van der Waals surface area (Å²) in [5.41, 5.74) is 7.57. The molecule has 0 bridgehead atoms. The molecule has 2 fully saturated rings. The Kier molecular flexibility index (Phi) is 6.29. The van der Waals surface area contributed by atoms with Crippen LogP contribution in [0.5, 0.6) is 5.75 Å². The van der Waals surface area contributed by atoms with Crippen molar-refractivity contribution in [3.63, 3.8) is 0 Å². The minimum Gasteiger partial charge on any atom is -0.435 e. The van der Waals surface area contributed by atoms with Gasteiger partial charge in [-0.3, -0.25) is 19.4 Å². The molecule has 3 amide bonds. The van der Waals surface area contributed by atoms with Gasteiger partial charge in [0.1, 0.15) is 17.5 Å². The number of carbonyl (C=O) groups is 3. The fourth-order valence-corrected chi connectivity index (χ4v) is 5.06. The molecule has 5 rings (SSSR count). The molecule has 36 heavy (non-hydrogen) atoms. The van der Waals surface area contributed by atoms with Crippen molar-refractivity contribution in [2.24, 2.45) is 16.8 Å². The van der Waals surface area contributed by atoms with Gasteiger partial charge >= 0.3 is 6.61 Å². The largest absolute Gasteiger partial charge is 0.435 e. The molecule has 2 saturated heterocycles. The third-order valence-corrected chi connectivity index (χ3v) is 6.77. The van der Waals surface area contributed by atoms with E-state index in [0.29, 0.717) is 37.3 Å². The van der Waals surface area contributed by atoms with Crippen LogP contribution in [0.2, 0.25) is 0 Å². The van der Waals surface area contributed by atoms with Crippen molar-refractivity contribution >= 4 is 40.5 Å². The first kappa shape index (κ1) is 23.7. The second-order valence-corrected chi connectivity index (χ2v) is 8.92. The summed E-state index contributed by atoms with van der Waals surface area (Å²) in [6.45, 7) is -1.92. The van der Waals surface area contributed by atoms with E-state index in [1.165, 1.54) is 29.3 Å². The minimum absolute atomic E-state index is 0.0347. The molecule has 2 aromatic carbocycles. The topological polar surface area (TPSA) is 109 Å². The Morgan fingerprint density at radius 2 is 1.58 bits per heavy atom. The van der Waals surface area contributed by atoms with Crippen LogP contribution in [0.1, 0.15) is 25.7 Å². The number of nitrogens with two attached hydrogens (primary N) is 1. The van der Waals surface area contributed by atoms with Crippen molar-refractivity contribution in [2.45, 2.75) is 38.3 Å². The summed E-state index contributed by atoms with van der Waals surface area (Å²) in [6.07, 6.45) is 2.84. The summed E-state index contributed by atoms with van der Waals surface area (Å²) in [5, 5.41) is 5.77. The van der Waals surface area contributed by atoms with E-state index in [4.69, 9.17) is 5.73 Å². The number of nitrogens with zero attached hydrogens (tertiary/aromatic N) is 4. The van der Waals surface area contributed by atoms with Gasteiger partial charge in [0, 0.05) is 36.8 Å². The highest BCUT2D eigenvalue weighted by atomic mass is 19.3. The van der Waals surface area contributed by atoms with Crippen LogP contribution in [-0.2, 0) is 14.4 Å². The molecular weight excluding hydrogens is 472 g/mol. The van der Waals surface area contributed by atoms with Crippen LogP contribution in [0, 0.1) is 5.92 Å². The molecule has 0 radical (unpaired) electrons. The zero-order valence-electron chi connectivity index (χ0n) is 19.3. The third kappa shape index (κ3) is 4.36. The molecule has 3 aliphatic rings. The zero-order valence-corrected chi connectivity index (χ0v) is 19.3. The van der Waals surface area contributed by atoms with Gasteiger partial charge in [-0.25, -0.2) is 0 Å². The van der Waals surface area contributed by atoms with Crippen LogP contribution in [0.15, 0.2) is 53.6 Å². The van der Waals surface area contributed by atoms with Crippen LogP contribution < -0.4 is 25.3 Å². The first-order valence-electron chi connectivity index (χ1n) is 11.8. The number of primary amides is 1. The van der Waals surface area contributed by atoms with Crippen LogP contribution in [0.25, 0.3) is 0 Å². The molecule has 2 aromatic rings. The van der Waals surface area contributed by atoms with Gasteiger partial charge in [-0.2, -0.15) is 13.9 Å². The fraction of sp³-hybridized carbons (Fsp3) is 0.360. The summed E-state index contributed by atoms with van der Waals surface area (Å²) < 4.78 is 29.4. The lowest BCUT2D eigenvalue weighted by Gasteiger charge is -2.37. The van der Waals surface area contributed by atoms with Gasteiger partial charge in [0.2, 0.25) is 5.91 Å². The fourth-order valence-electron chi connectivity index (χ4n) is 5.06. The van der Waals surface area contributed by atoms with Gasteiger partial charge in [-0.05, 0) is 67.8 Å². The number of carbonyl (C=O) groups excluding carboxylic acids is 3. The lowest BCUT2D eigenvalue weighted by Crippen LogP contribution is -2.55. The minimum atomic E-state index is -2.96. The molecular formula is C25H25F2N5O4. The molecule has 0 aromatic heterocycles. The second-order valence-electron chi connectivity index (χ2n) is 8.92. The standard InChI is InChI=1S/C25H25F2N5O4/c26-25(27)36-18-10-8-17(9-11-18)32-22-19(21(29-32)23(28)34)12-14-31(24(22)35)16-6-4-15(5-7-16)30-13-2-1-3-20(30)33/h4-11,19,22,25H,1-3,12-14H2,(H2,28,34). The number of rotatable bonds is 6. The maximum Gasteiger partial charge on any atom is 0.387 e. The first-order valence-corrected chi connectivity index (χ1v) is 11.8. The number of anilines is 3. The summed E-state index contributed by atoms with van der Waals surface area (Å²) in [7, 11) is 0. The molecule has 0 saturated carbocycles. The van der Waals surface area contributed by atoms with E-state index in [-0.39, 0.29) is 23.3 Å². The number of amides is 3. The van der Waals surface area contributed by atoms with Gasteiger partial charge in [0.25, 0.3) is 11.8 Å². The highest BCUT2D eigenvalue weighted by molar-refractivity contribution is 6.41. The van der Waals surface area contributed by atoms with Crippen LogP contribution in [0.3, 0.4) is 0 Å². The molecule has 188 valence electrons.